The van der Waals surface area contributed by atoms with Crippen LogP contribution in [0.3, 0.4) is 0 Å². The molecule has 14 nitrogen and oxygen atoms in total. The summed E-state index contributed by atoms with van der Waals surface area (Å²) in [5.41, 5.74) is 3.85. The Morgan fingerprint density at radius 3 is 1.76 bits per heavy atom. The second-order valence-corrected chi connectivity index (χ2v) is 17.7. The monoisotopic (exact) mass is 971 g/mol. The molecular weight excluding hydrogens is 904 g/mol. The van der Waals surface area contributed by atoms with Crippen molar-refractivity contribution in [3.63, 3.8) is 0 Å². The zero-order chi connectivity index (χ0) is 51.2. The molecule has 1 aliphatic carbocycles. The van der Waals surface area contributed by atoms with Crippen molar-refractivity contribution in [3.05, 3.63) is 107 Å². The quantitative estimate of drug-likeness (QED) is 0.0244. The average Bonchev–Trinajstić information content (AvgIpc) is 3.37. The molecule has 0 aliphatic heterocycles. The summed E-state index contributed by atoms with van der Waals surface area (Å²) in [5, 5.41) is 0. The lowest BCUT2D eigenvalue weighted by Gasteiger charge is -2.32. The Bertz CT molecular complexity index is 2260. The van der Waals surface area contributed by atoms with E-state index in [0.29, 0.717) is 40.8 Å². The maximum absolute atomic E-state index is 16.5. The molecule has 3 aromatic rings. The molecular formula is C55H68FO14. The first-order valence-corrected chi connectivity index (χ1v) is 23.8. The third-order valence-electron chi connectivity index (χ3n) is 12.1. The number of carbonyl (C=O) groups excluding carboxylic acids is 6. The Labute approximate surface area is 411 Å². The van der Waals surface area contributed by atoms with Crippen LogP contribution >= 0.6 is 0 Å². The largest absolute Gasteiger partial charge is 0.492 e. The second-order valence-electron chi connectivity index (χ2n) is 17.7. The van der Waals surface area contributed by atoms with E-state index in [2.05, 4.69) is 41.7 Å². The van der Waals surface area contributed by atoms with Crippen molar-refractivity contribution in [2.24, 2.45) is 11.3 Å². The van der Waals surface area contributed by atoms with Crippen molar-refractivity contribution in [2.75, 3.05) is 60.5 Å². The first-order valence-electron chi connectivity index (χ1n) is 23.8. The summed E-state index contributed by atoms with van der Waals surface area (Å²) in [4.78, 5) is 73.6. The number of esters is 6. The van der Waals surface area contributed by atoms with Gasteiger partial charge in [0.25, 0.3) is 0 Å². The van der Waals surface area contributed by atoms with Crippen LogP contribution in [0.1, 0.15) is 102 Å². The maximum Gasteiger partial charge on any atom is 0.417 e. The summed E-state index contributed by atoms with van der Waals surface area (Å²) < 4.78 is 58.9. The van der Waals surface area contributed by atoms with Crippen LogP contribution in [0.2, 0.25) is 0 Å². The summed E-state index contributed by atoms with van der Waals surface area (Å²) in [5.74, 6) is -4.46. The fourth-order valence-corrected chi connectivity index (χ4v) is 8.00. The number of carbonyl (C=O) groups is 6. The molecule has 3 aromatic carbocycles. The van der Waals surface area contributed by atoms with Crippen molar-refractivity contribution < 1.29 is 71.1 Å². The van der Waals surface area contributed by atoms with Crippen LogP contribution in [0, 0.1) is 23.1 Å². The summed E-state index contributed by atoms with van der Waals surface area (Å²) in [6.45, 7) is 11.8. The first kappa shape index (κ1) is 56.2. The number of rotatable bonds is 26. The maximum atomic E-state index is 16.5. The minimum atomic E-state index is -1.63. The van der Waals surface area contributed by atoms with Crippen molar-refractivity contribution in [2.45, 2.75) is 98.3 Å². The van der Waals surface area contributed by atoms with Gasteiger partial charge in [-0.05, 0) is 116 Å². The Hall–Kier alpha value is -6.35. The summed E-state index contributed by atoms with van der Waals surface area (Å²) in [7, 11) is 1.98. The van der Waals surface area contributed by atoms with E-state index in [1.54, 1.807) is 18.2 Å². The van der Waals surface area contributed by atoms with Gasteiger partial charge in [-0.15, -0.1) is 0 Å². The Morgan fingerprint density at radius 2 is 1.20 bits per heavy atom. The fraction of sp³-hybridized carbons (Fsp3) is 0.473. The van der Waals surface area contributed by atoms with Gasteiger partial charge in [0.2, 0.25) is 0 Å². The molecule has 4 rings (SSSR count). The van der Waals surface area contributed by atoms with Gasteiger partial charge in [-0.3, -0.25) is 0 Å². The summed E-state index contributed by atoms with van der Waals surface area (Å²) in [6, 6.07) is 17.1. The highest BCUT2D eigenvalue weighted by Gasteiger charge is 2.38. The molecule has 15 heteroatoms. The van der Waals surface area contributed by atoms with Crippen molar-refractivity contribution >= 4 is 35.8 Å². The predicted octanol–water partition coefficient (Wildman–Crippen LogP) is 9.40. The molecule has 0 amide bonds. The molecule has 1 aliphatic rings. The molecule has 0 saturated heterocycles. The van der Waals surface area contributed by atoms with Crippen LogP contribution in [0.15, 0.2) is 78.9 Å². The van der Waals surface area contributed by atoms with Gasteiger partial charge < -0.3 is 37.9 Å². The number of hydrogen-bond donors (Lipinski definition) is 0. The molecule has 0 N–H and O–H groups in total. The number of ether oxygens (including phenoxy) is 8. The lowest BCUT2D eigenvalue weighted by atomic mass is 9.77. The molecule has 0 heterocycles. The van der Waals surface area contributed by atoms with Gasteiger partial charge in [0.15, 0.2) is 0 Å². The first-order chi connectivity index (χ1) is 33.5. The predicted molar refractivity (Wildman–Crippen MR) is 260 cm³/mol. The van der Waals surface area contributed by atoms with E-state index in [0.717, 1.165) is 44.1 Å². The van der Waals surface area contributed by atoms with Gasteiger partial charge in [-0.1, -0.05) is 89.1 Å². The van der Waals surface area contributed by atoms with Gasteiger partial charge in [0.05, 0.1) is 39.5 Å². The standard InChI is InChI=1S/C55H68FO14/c1-9-11-12-14-38-16-18-40(19-17-38)41-20-22-42(23-21-41)43-24-25-45(47(56)30-43)46-29-44(15-13-26-66-49(57)36(3)4)48(31-39(46)10-2)68-33-55(34-69-53(61)51(59)63-7,35-70-54(62)52(60)64-8)32-65-27-28-67-50(58)37(5)6/h20-25,29-31,38H,3,5,9-19,26-28,32-35H2,1-2,4,6-8H3. The zero-order valence-corrected chi connectivity index (χ0v) is 41.5. The molecule has 0 unspecified atom stereocenters. The average molecular weight is 972 g/mol. The summed E-state index contributed by atoms with van der Waals surface area (Å²) in [6.07, 6.45) is 10.8. The van der Waals surface area contributed by atoms with E-state index >= 15 is 4.39 Å². The summed E-state index contributed by atoms with van der Waals surface area (Å²) >= 11 is 0. The molecule has 0 atom stereocenters. The van der Waals surface area contributed by atoms with Crippen LogP contribution in [0.5, 0.6) is 5.75 Å². The van der Waals surface area contributed by atoms with Gasteiger partial charge >= 0.3 is 35.8 Å². The Morgan fingerprint density at radius 1 is 0.614 bits per heavy atom. The van der Waals surface area contributed by atoms with E-state index in [-0.39, 0.29) is 37.4 Å². The molecule has 379 valence electrons. The molecule has 0 spiro atoms. The molecule has 70 heavy (non-hydrogen) atoms. The number of aryl methyl sites for hydroxylation is 2. The highest BCUT2D eigenvalue weighted by Crippen LogP contribution is 2.39. The van der Waals surface area contributed by atoms with Crippen LogP contribution in [-0.4, -0.2) is 96.3 Å². The third-order valence-corrected chi connectivity index (χ3v) is 12.1. The number of benzene rings is 3. The molecule has 1 saturated carbocycles. The minimum Gasteiger partial charge on any atom is -0.492 e. The SMILES string of the molecule is C=C(C)C(=O)OCCCc1cc(-c2ccc(-c3ccc([C]4CCC(CCCCC)CC4)cc3)cc2F)c(CC)cc1OCC(COCCOC(=O)C(=C)C)(COC(=O)C(=O)OC)COC(=O)C(=O)OC. The highest BCUT2D eigenvalue weighted by molar-refractivity contribution is 6.30. The van der Waals surface area contributed by atoms with Gasteiger partial charge in [0.1, 0.15) is 38.0 Å². The Kier molecular flexibility index (Phi) is 22.8. The van der Waals surface area contributed by atoms with Gasteiger partial charge in [0, 0.05) is 22.6 Å². The van der Waals surface area contributed by atoms with E-state index in [4.69, 9.17) is 28.4 Å². The van der Waals surface area contributed by atoms with Gasteiger partial charge in [-0.25, -0.2) is 33.2 Å². The Balaban J connectivity index is 1.67. The lowest BCUT2D eigenvalue weighted by Crippen LogP contribution is -2.45. The number of methoxy groups -OCH3 is 2. The van der Waals surface area contributed by atoms with Gasteiger partial charge in [-0.2, -0.15) is 0 Å². The fourth-order valence-electron chi connectivity index (χ4n) is 8.00. The zero-order valence-electron chi connectivity index (χ0n) is 41.5. The smallest absolute Gasteiger partial charge is 0.417 e. The molecule has 0 bridgehead atoms. The van der Waals surface area contributed by atoms with Crippen LogP contribution in [-0.2, 0) is 74.8 Å². The topological polar surface area (TPSA) is 176 Å². The number of halogens is 1. The molecule has 1 radical (unpaired) electrons. The highest BCUT2D eigenvalue weighted by atomic mass is 19.1. The van der Waals surface area contributed by atoms with E-state index in [1.807, 2.05) is 25.1 Å². The van der Waals surface area contributed by atoms with Crippen molar-refractivity contribution in [1.29, 1.82) is 0 Å². The second kappa shape index (κ2) is 28.3. The lowest BCUT2D eigenvalue weighted by molar-refractivity contribution is -0.176. The number of hydrogen-bond acceptors (Lipinski definition) is 14. The minimum absolute atomic E-state index is 0.0252. The van der Waals surface area contributed by atoms with E-state index in [9.17, 15) is 28.8 Å². The normalized spacial score (nSPS) is 12.9. The van der Waals surface area contributed by atoms with Crippen LogP contribution in [0.25, 0.3) is 22.3 Å². The van der Waals surface area contributed by atoms with E-state index < -0.39 is 73.5 Å². The molecule has 0 aromatic heterocycles. The van der Waals surface area contributed by atoms with E-state index in [1.165, 1.54) is 69.9 Å². The van der Waals surface area contributed by atoms with Crippen molar-refractivity contribution in [1.82, 2.24) is 0 Å². The molecule has 1 fully saturated rings. The van der Waals surface area contributed by atoms with Crippen LogP contribution < -0.4 is 4.74 Å². The van der Waals surface area contributed by atoms with Crippen molar-refractivity contribution in [3.8, 4) is 28.0 Å². The van der Waals surface area contributed by atoms with Crippen LogP contribution in [0.4, 0.5) is 4.39 Å². The number of unbranched alkanes of at least 4 members (excludes halogenated alkanes) is 2. The third kappa shape index (κ3) is 17.0.